The molecule has 7 heteroatoms. The zero-order valence-electron chi connectivity index (χ0n) is 12.8. The largest absolute Gasteiger partial charge is 0.358 e. The molecule has 1 aliphatic heterocycles. The van der Waals surface area contributed by atoms with Crippen LogP contribution in [0.5, 0.6) is 0 Å². The number of carbonyl (C=O) groups is 1. The molecule has 1 N–H and O–H groups in total. The minimum atomic E-state index is -0.467. The molecular weight excluding hydrogens is 284 g/mol. The Labute approximate surface area is 129 Å². The Bertz CT molecular complexity index is 571. The Hall–Kier alpha value is -1.89. The fraction of sp³-hybridized carbons (Fsp3) is 0.667. The summed E-state index contributed by atoms with van der Waals surface area (Å²) in [5.41, 5.74) is 0.385. The van der Waals surface area contributed by atoms with Crippen molar-refractivity contribution in [1.82, 2.24) is 14.8 Å². The summed E-state index contributed by atoms with van der Waals surface area (Å²) in [7, 11) is 1.56. The van der Waals surface area contributed by atoms with E-state index in [1.54, 1.807) is 11.9 Å². The summed E-state index contributed by atoms with van der Waals surface area (Å²) in [5, 5.41) is 14.4. The summed E-state index contributed by atoms with van der Waals surface area (Å²) in [4.78, 5) is 24.7. The van der Waals surface area contributed by atoms with Gasteiger partial charge in [-0.1, -0.05) is 0 Å². The molecule has 0 aromatic carbocycles. The Kier molecular flexibility index (Phi) is 4.15. The number of nitrogens with one attached hydrogen (secondary N) is 1. The fourth-order valence-electron chi connectivity index (χ4n) is 3.00. The van der Waals surface area contributed by atoms with Gasteiger partial charge >= 0.3 is 5.82 Å². The van der Waals surface area contributed by atoms with Gasteiger partial charge < -0.3 is 20.3 Å². The molecule has 0 atom stereocenters. The Morgan fingerprint density at radius 2 is 2.00 bits per heavy atom. The average Bonchev–Trinajstić information content (AvgIpc) is 3.26. The van der Waals surface area contributed by atoms with E-state index in [1.165, 1.54) is 29.5 Å². The highest BCUT2D eigenvalue weighted by atomic mass is 16.6. The van der Waals surface area contributed by atoms with Crippen LogP contribution in [-0.4, -0.2) is 46.0 Å². The van der Waals surface area contributed by atoms with Gasteiger partial charge in [-0.3, -0.25) is 4.79 Å². The highest BCUT2D eigenvalue weighted by Crippen LogP contribution is 2.28. The molecular formula is C15H22N4O3. The molecule has 22 heavy (non-hydrogen) atoms. The molecule has 0 bridgehead atoms. The number of likely N-dealkylation sites (tertiary alicyclic amines) is 1. The van der Waals surface area contributed by atoms with Crippen LogP contribution in [0.4, 0.5) is 5.82 Å². The third-order valence-electron chi connectivity index (χ3n) is 4.68. The molecule has 0 spiro atoms. The molecule has 1 aliphatic carbocycles. The molecule has 0 radical (unpaired) electrons. The molecule has 2 aliphatic rings. The van der Waals surface area contributed by atoms with Crippen LogP contribution in [0.1, 0.15) is 36.2 Å². The van der Waals surface area contributed by atoms with E-state index in [1.807, 2.05) is 0 Å². The van der Waals surface area contributed by atoms with Gasteiger partial charge in [0.05, 0.1) is 7.05 Å². The first-order chi connectivity index (χ1) is 10.6. The number of aromatic nitrogens is 1. The number of nitro groups is 1. The number of amides is 1. The van der Waals surface area contributed by atoms with Gasteiger partial charge in [-0.05, 0) is 49.1 Å². The minimum absolute atomic E-state index is 0.0515. The van der Waals surface area contributed by atoms with Crippen LogP contribution in [-0.2, 0) is 7.05 Å². The zero-order chi connectivity index (χ0) is 15.7. The van der Waals surface area contributed by atoms with Gasteiger partial charge in [0.25, 0.3) is 5.91 Å². The maximum Gasteiger partial charge on any atom is 0.323 e. The molecule has 1 aromatic rings. The summed E-state index contributed by atoms with van der Waals surface area (Å²) in [6.45, 7) is 2.52. The molecule has 1 saturated carbocycles. The van der Waals surface area contributed by atoms with E-state index >= 15 is 0 Å². The van der Waals surface area contributed by atoms with E-state index in [2.05, 4.69) is 5.32 Å². The summed E-state index contributed by atoms with van der Waals surface area (Å²) in [6, 6.07) is 3.42. The molecule has 1 amide bonds. The standard InChI is InChI=1S/C15H22N4O3/c1-17-13(4-5-14(17)19(21)22)15(20)18-8-6-12(7-9-18)16-10-11-2-3-11/h4-5,11-12,16H,2-3,6-10H2,1H3. The van der Waals surface area contributed by atoms with Gasteiger partial charge in [-0.25, -0.2) is 4.57 Å². The highest BCUT2D eigenvalue weighted by molar-refractivity contribution is 5.93. The first-order valence-corrected chi connectivity index (χ1v) is 7.89. The highest BCUT2D eigenvalue weighted by Gasteiger charge is 2.29. The Balaban J connectivity index is 1.56. The van der Waals surface area contributed by atoms with E-state index in [4.69, 9.17) is 0 Å². The van der Waals surface area contributed by atoms with Crippen molar-refractivity contribution in [2.45, 2.75) is 31.7 Å². The smallest absolute Gasteiger partial charge is 0.323 e. The summed E-state index contributed by atoms with van der Waals surface area (Å²) >= 11 is 0. The van der Waals surface area contributed by atoms with Crippen molar-refractivity contribution in [2.75, 3.05) is 19.6 Å². The third kappa shape index (κ3) is 3.14. The maximum absolute atomic E-state index is 12.5. The van der Waals surface area contributed by atoms with E-state index < -0.39 is 4.92 Å². The minimum Gasteiger partial charge on any atom is -0.358 e. The van der Waals surface area contributed by atoms with Gasteiger partial charge in [-0.2, -0.15) is 0 Å². The topological polar surface area (TPSA) is 80.4 Å². The van der Waals surface area contributed by atoms with Crippen molar-refractivity contribution >= 4 is 11.7 Å². The quantitative estimate of drug-likeness (QED) is 0.661. The van der Waals surface area contributed by atoms with E-state index in [0.717, 1.165) is 25.3 Å². The number of nitrogens with zero attached hydrogens (tertiary/aromatic N) is 3. The lowest BCUT2D eigenvalue weighted by molar-refractivity contribution is -0.391. The lowest BCUT2D eigenvalue weighted by atomic mass is 10.0. The third-order valence-corrected chi connectivity index (χ3v) is 4.68. The molecule has 120 valence electrons. The van der Waals surface area contributed by atoms with Gasteiger partial charge in [0.2, 0.25) is 0 Å². The van der Waals surface area contributed by atoms with Crippen LogP contribution < -0.4 is 5.32 Å². The van der Waals surface area contributed by atoms with Crippen molar-refractivity contribution in [1.29, 1.82) is 0 Å². The molecule has 0 unspecified atom stereocenters. The maximum atomic E-state index is 12.5. The van der Waals surface area contributed by atoms with Crippen molar-refractivity contribution in [3.05, 3.63) is 27.9 Å². The second-order valence-corrected chi connectivity index (χ2v) is 6.31. The molecule has 7 nitrogen and oxygen atoms in total. The monoisotopic (exact) mass is 306 g/mol. The number of carbonyl (C=O) groups excluding carboxylic acids is 1. The number of piperidine rings is 1. The summed E-state index contributed by atoms with van der Waals surface area (Å²) in [5.74, 6) is 0.698. The number of hydrogen-bond acceptors (Lipinski definition) is 4. The molecule has 3 rings (SSSR count). The first kappa shape index (κ1) is 15.0. The summed E-state index contributed by atoms with van der Waals surface area (Å²) < 4.78 is 1.36. The number of rotatable bonds is 5. The SMILES string of the molecule is Cn1c(C(=O)N2CCC(NCC3CC3)CC2)ccc1[N+](=O)[O-]. The molecule has 1 saturated heterocycles. The normalized spacial score (nSPS) is 19.4. The predicted octanol–water partition coefficient (Wildman–Crippen LogP) is 1.54. The fourth-order valence-corrected chi connectivity index (χ4v) is 3.00. The Morgan fingerprint density at radius 3 is 2.55 bits per heavy atom. The van der Waals surface area contributed by atoms with E-state index in [9.17, 15) is 14.9 Å². The predicted molar refractivity (Wildman–Crippen MR) is 81.7 cm³/mol. The van der Waals surface area contributed by atoms with Crippen LogP contribution in [0.25, 0.3) is 0 Å². The zero-order valence-corrected chi connectivity index (χ0v) is 12.8. The number of hydrogen-bond donors (Lipinski definition) is 1. The molecule has 1 aromatic heterocycles. The van der Waals surface area contributed by atoms with Crippen molar-refractivity contribution in [3.63, 3.8) is 0 Å². The second kappa shape index (κ2) is 6.08. The lowest BCUT2D eigenvalue weighted by Gasteiger charge is -2.32. The van der Waals surface area contributed by atoms with Crippen LogP contribution in [0.2, 0.25) is 0 Å². The Morgan fingerprint density at radius 1 is 1.32 bits per heavy atom. The van der Waals surface area contributed by atoms with Crippen molar-refractivity contribution in [2.24, 2.45) is 13.0 Å². The van der Waals surface area contributed by atoms with Crippen molar-refractivity contribution < 1.29 is 9.72 Å². The van der Waals surface area contributed by atoms with E-state index in [0.29, 0.717) is 24.8 Å². The van der Waals surface area contributed by atoms with Crippen LogP contribution in [0, 0.1) is 16.0 Å². The van der Waals surface area contributed by atoms with Crippen LogP contribution in [0.15, 0.2) is 12.1 Å². The van der Waals surface area contributed by atoms with Crippen LogP contribution in [0.3, 0.4) is 0 Å². The van der Waals surface area contributed by atoms with Gasteiger partial charge in [0.1, 0.15) is 0 Å². The second-order valence-electron chi connectivity index (χ2n) is 6.31. The lowest BCUT2D eigenvalue weighted by Crippen LogP contribution is -2.45. The van der Waals surface area contributed by atoms with Gasteiger partial charge in [-0.15, -0.1) is 0 Å². The van der Waals surface area contributed by atoms with Crippen LogP contribution >= 0.6 is 0 Å². The average molecular weight is 306 g/mol. The van der Waals surface area contributed by atoms with Gasteiger partial charge in [0, 0.05) is 25.2 Å². The van der Waals surface area contributed by atoms with E-state index in [-0.39, 0.29) is 11.7 Å². The van der Waals surface area contributed by atoms with Gasteiger partial charge in [0.15, 0.2) is 5.69 Å². The molecule has 2 heterocycles. The first-order valence-electron chi connectivity index (χ1n) is 7.89. The summed E-state index contributed by atoms with van der Waals surface area (Å²) in [6.07, 6.45) is 4.59. The molecule has 2 fully saturated rings. The van der Waals surface area contributed by atoms with Crippen molar-refractivity contribution in [3.8, 4) is 0 Å².